The van der Waals surface area contributed by atoms with Crippen LogP contribution in [0.1, 0.15) is 70.7 Å². The molecule has 0 spiro atoms. The number of ether oxygens (including phenoxy) is 2. The molecule has 1 aliphatic heterocycles. The van der Waals surface area contributed by atoms with Crippen molar-refractivity contribution in [2.24, 2.45) is 0 Å². The Morgan fingerprint density at radius 1 is 1.05 bits per heavy atom. The molecular formula is C29H34F3N3O8. The number of Topliss-reactive ketones (excluding diaryl/α,β-unsaturated/α-hetero) is 1. The monoisotopic (exact) mass is 609 g/mol. The topological polar surface area (TPSA) is 166 Å². The highest BCUT2D eigenvalue weighted by Gasteiger charge is 2.38. The number of nitrogens with one attached hydrogen (secondary N) is 2. The number of amides is 1. The molecule has 0 saturated heterocycles. The number of alkyl halides is 3. The van der Waals surface area contributed by atoms with Crippen molar-refractivity contribution in [1.82, 2.24) is 10.2 Å². The van der Waals surface area contributed by atoms with Crippen LogP contribution in [0.2, 0.25) is 0 Å². The lowest BCUT2D eigenvalue weighted by Gasteiger charge is -2.22. The molecule has 0 fully saturated rings. The van der Waals surface area contributed by atoms with Crippen molar-refractivity contribution in [3.05, 3.63) is 63.7 Å². The lowest BCUT2D eigenvalue weighted by Crippen LogP contribution is -2.30. The Kier molecular flexibility index (Phi) is 11.4. The second-order valence-corrected chi connectivity index (χ2v) is 10.5. The van der Waals surface area contributed by atoms with E-state index >= 15 is 0 Å². The van der Waals surface area contributed by atoms with Gasteiger partial charge in [-0.1, -0.05) is 26.8 Å². The molecule has 0 aliphatic carbocycles. The molecule has 11 nitrogen and oxygen atoms in total. The number of hydrogen-bond acceptors (Lipinski definition) is 7. The standard InChI is InChI=1S/C27H33N3O6.C2HF3O2/c1-6-36-23-10-18-12-30(25(28)20(18)11-21(23)26(34)29-5)13-22(31)17-7-16(14-35-15-24(32)33)8-19(9-17)27(2,3)4;3-2(4,5)1(6)7/h7-11,28H,6,12-15H2,1-5H3,(H,29,34)(H,32,33);(H,6,7). The Morgan fingerprint density at radius 3 is 2.19 bits per heavy atom. The zero-order chi connectivity index (χ0) is 32.7. The van der Waals surface area contributed by atoms with E-state index in [1.807, 2.05) is 39.8 Å². The van der Waals surface area contributed by atoms with Gasteiger partial charge in [0.2, 0.25) is 0 Å². The number of ketones is 1. The van der Waals surface area contributed by atoms with Crippen LogP contribution < -0.4 is 10.1 Å². The molecule has 0 radical (unpaired) electrons. The SMILES string of the molecule is CCOc1cc2c(cc1C(=O)NC)C(=N)N(CC(=O)c1cc(COCC(=O)O)cc(C(C)(C)C)c1)C2.O=C(O)C(F)(F)F. The van der Waals surface area contributed by atoms with E-state index in [1.165, 1.54) is 7.05 Å². The molecule has 4 N–H and O–H groups in total. The molecule has 0 unspecified atom stereocenters. The fraction of sp³-hybridized carbons (Fsp3) is 0.414. The molecule has 0 aromatic heterocycles. The lowest BCUT2D eigenvalue weighted by atomic mass is 9.84. The first-order valence-corrected chi connectivity index (χ1v) is 13.0. The third-order valence-corrected chi connectivity index (χ3v) is 6.16. The van der Waals surface area contributed by atoms with Crippen molar-refractivity contribution < 1.29 is 52.0 Å². The van der Waals surface area contributed by atoms with Gasteiger partial charge in [-0.3, -0.25) is 15.0 Å². The van der Waals surface area contributed by atoms with E-state index in [2.05, 4.69) is 5.32 Å². The van der Waals surface area contributed by atoms with E-state index in [0.717, 1.165) is 11.1 Å². The number of amidine groups is 1. The van der Waals surface area contributed by atoms with E-state index in [9.17, 15) is 27.6 Å². The molecule has 2 aromatic carbocycles. The Bertz CT molecular complexity index is 1400. The molecule has 14 heteroatoms. The van der Waals surface area contributed by atoms with Gasteiger partial charge in [-0.15, -0.1) is 0 Å². The zero-order valence-corrected chi connectivity index (χ0v) is 24.3. The second-order valence-electron chi connectivity index (χ2n) is 10.5. The third-order valence-electron chi connectivity index (χ3n) is 6.16. The smallest absolute Gasteiger partial charge is 0.490 e. The van der Waals surface area contributed by atoms with Gasteiger partial charge in [-0.25, -0.2) is 9.59 Å². The van der Waals surface area contributed by atoms with E-state index in [-0.39, 0.29) is 36.1 Å². The number of aliphatic carboxylic acids is 2. The number of carbonyl (C=O) groups excluding carboxylic acids is 2. The number of benzene rings is 2. The predicted molar refractivity (Wildman–Crippen MR) is 149 cm³/mol. The average molecular weight is 610 g/mol. The first kappa shape index (κ1) is 34.7. The number of halogens is 3. The highest BCUT2D eigenvalue weighted by Crippen LogP contribution is 2.31. The predicted octanol–water partition coefficient (Wildman–Crippen LogP) is 4.00. The molecule has 1 amide bonds. The molecule has 234 valence electrons. The largest absolute Gasteiger partial charge is 0.493 e. The summed E-state index contributed by atoms with van der Waals surface area (Å²) in [5, 5.41) is 27.2. The lowest BCUT2D eigenvalue weighted by molar-refractivity contribution is -0.192. The Hall–Kier alpha value is -4.46. The number of carboxylic acids is 2. The molecular weight excluding hydrogens is 575 g/mol. The number of fused-ring (bicyclic) bond motifs is 1. The molecule has 2 aromatic rings. The number of nitrogens with zero attached hydrogens (tertiary/aromatic N) is 1. The Labute approximate surface area is 246 Å². The third kappa shape index (κ3) is 9.53. The van der Waals surface area contributed by atoms with Gasteiger partial charge in [0.15, 0.2) is 5.78 Å². The summed E-state index contributed by atoms with van der Waals surface area (Å²) in [6, 6.07) is 8.88. The summed E-state index contributed by atoms with van der Waals surface area (Å²) < 4.78 is 42.6. The van der Waals surface area contributed by atoms with Crippen molar-refractivity contribution in [3.63, 3.8) is 0 Å². The van der Waals surface area contributed by atoms with E-state index < -0.39 is 24.7 Å². The second kappa shape index (κ2) is 14.1. The zero-order valence-electron chi connectivity index (χ0n) is 24.3. The van der Waals surface area contributed by atoms with Gasteiger partial charge >= 0.3 is 18.1 Å². The molecule has 0 saturated carbocycles. The fourth-order valence-corrected chi connectivity index (χ4v) is 4.04. The maximum Gasteiger partial charge on any atom is 0.490 e. The maximum atomic E-state index is 13.3. The minimum absolute atomic E-state index is 0.0180. The van der Waals surface area contributed by atoms with Crippen LogP contribution in [0.3, 0.4) is 0 Å². The van der Waals surface area contributed by atoms with Gasteiger partial charge < -0.3 is 29.9 Å². The van der Waals surface area contributed by atoms with Gasteiger partial charge in [-0.05, 0) is 53.3 Å². The molecule has 1 aliphatic rings. The highest BCUT2D eigenvalue weighted by atomic mass is 19.4. The van der Waals surface area contributed by atoms with Gasteiger partial charge in [0.05, 0.1) is 25.3 Å². The van der Waals surface area contributed by atoms with Crippen LogP contribution in [0.4, 0.5) is 13.2 Å². The van der Waals surface area contributed by atoms with Crippen LogP contribution in [-0.4, -0.2) is 77.6 Å². The number of hydrogen-bond donors (Lipinski definition) is 4. The van der Waals surface area contributed by atoms with Crippen molar-refractivity contribution in [3.8, 4) is 5.75 Å². The van der Waals surface area contributed by atoms with Crippen LogP contribution in [0, 0.1) is 5.41 Å². The summed E-state index contributed by atoms with van der Waals surface area (Å²) in [4.78, 5) is 47.1. The number of rotatable bonds is 10. The molecule has 0 bridgehead atoms. The van der Waals surface area contributed by atoms with Gasteiger partial charge in [-0.2, -0.15) is 13.2 Å². The molecule has 0 atom stereocenters. The maximum absolute atomic E-state index is 13.3. The van der Waals surface area contributed by atoms with Crippen molar-refractivity contribution >= 4 is 29.5 Å². The summed E-state index contributed by atoms with van der Waals surface area (Å²) in [6.07, 6.45) is -5.08. The van der Waals surface area contributed by atoms with Crippen LogP contribution in [0.15, 0.2) is 30.3 Å². The van der Waals surface area contributed by atoms with Crippen LogP contribution >= 0.6 is 0 Å². The fourth-order valence-electron chi connectivity index (χ4n) is 4.04. The highest BCUT2D eigenvalue weighted by molar-refractivity contribution is 6.07. The first-order valence-electron chi connectivity index (χ1n) is 13.0. The van der Waals surface area contributed by atoms with Gasteiger partial charge in [0.25, 0.3) is 5.91 Å². The summed E-state index contributed by atoms with van der Waals surface area (Å²) in [5.74, 6) is -3.68. The van der Waals surface area contributed by atoms with E-state index in [1.54, 1.807) is 23.1 Å². The van der Waals surface area contributed by atoms with Crippen molar-refractivity contribution in [2.75, 3.05) is 26.8 Å². The quantitative estimate of drug-likeness (QED) is 0.291. The summed E-state index contributed by atoms with van der Waals surface area (Å²) in [6.45, 7) is 8.31. The van der Waals surface area contributed by atoms with Gasteiger partial charge in [0, 0.05) is 24.7 Å². The minimum atomic E-state index is -5.08. The number of carboxylic acid groups (broad SMARTS) is 2. The Balaban J connectivity index is 0.000000821. The molecule has 1 heterocycles. The van der Waals surface area contributed by atoms with Crippen molar-refractivity contribution in [1.29, 1.82) is 5.41 Å². The summed E-state index contributed by atoms with van der Waals surface area (Å²) in [7, 11) is 1.54. The van der Waals surface area contributed by atoms with E-state index in [4.69, 9.17) is 29.9 Å². The summed E-state index contributed by atoms with van der Waals surface area (Å²) >= 11 is 0. The normalized spacial score (nSPS) is 12.7. The average Bonchev–Trinajstić information content (AvgIpc) is 3.20. The number of carbonyl (C=O) groups is 4. The summed E-state index contributed by atoms with van der Waals surface area (Å²) in [5.41, 5.74) is 3.63. The van der Waals surface area contributed by atoms with Gasteiger partial charge in [0.1, 0.15) is 18.2 Å². The van der Waals surface area contributed by atoms with Crippen molar-refractivity contribution in [2.45, 2.75) is 52.4 Å². The molecule has 43 heavy (non-hydrogen) atoms. The minimum Gasteiger partial charge on any atom is -0.493 e. The molecule has 3 rings (SSSR count). The van der Waals surface area contributed by atoms with Crippen LogP contribution in [0.25, 0.3) is 0 Å². The van der Waals surface area contributed by atoms with E-state index in [0.29, 0.717) is 41.2 Å². The van der Waals surface area contributed by atoms with Crippen LogP contribution in [-0.2, 0) is 32.9 Å². The van der Waals surface area contributed by atoms with Crippen LogP contribution in [0.5, 0.6) is 5.75 Å². The Morgan fingerprint density at radius 2 is 1.67 bits per heavy atom. The first-order chi connectivity index (χ1) is 19.9.